The van der Waals surface area contributed by atoms with Gasteiger partial charge in [-0.25, -0.2) is 0 Å². The van der Waals surface area contributed by atoms with E-state index in [9.17, 15) is 14.9 Å². The Bertz CT molecular complexity index is 936. The molecule has 1 aliphatic rings. The molecule has 0 unspecified atom stereocenters. The number of hydrogen-bond donors (Lipinski definition) is 0. The number of nitro benzene ring substituents is 1. The van der Waals surface area contributed by atoms with Crippen molar-refractivity contribution in [3.8, 4) is 11.5 Å². The molecule has 0 amide bonds. The third kappa shape index (κ3) is 2.94. The normalized spacial score (nSPS) is 14.5. The number of carbonyl (C=O) groups is 1. The molecule has 0 saturated heterocycles. The Labute approximate surface area is 151 Å². The Balaban J connectivity index is 2.01. The molecule has 0 fully saturated rings. The van der Waals surface area contributed by atoms with Crippen LogP contribution in [0.5, 0.6) is 11.5 Å². The van der Waals surface area contributed by atoms with E-state index in [0.717, 1.165) is 11.1 Å². The second-order valence-electron chi connectivity index (χ2n) is 6.30. The summed E-state index contributed by atoms with van der Waals surface area (Å²) in [6.07, 6.45) is 2.29. The van der Waals surface area contributed by atoms with Crippen molar-refractivity contribution in [2.45, 2.75) is 20.3 Å². The third-order valence-electron chi connectivity index (χ3n) is 4.56. The minimum absolute atomic E-state index is 0.0605. The number of allylic oxidation sites excluding steroid dienone is 1. The van der Waals surface area contributed by atoms with Gasteiger partial charge in [0, 0.05) is 28.7 Å². The summed E-state index contributed by atoms with van der Waals surface area (Å²) in [6.45, 7) is 3.40. The fraction of sp³-hybridized carbons (Fsp3) is 0.250. The van der Waals surface area contributed by atoms with Gasteiger partial charge >= 0.3 is 0 Å². The van der Waals surface area contributed by atoms with Crippen LogP contribution in [0.25, 0.3) is 6.08 Å². The number of nitro groups is 1. The van der Waals surface area contributed by atoms with Crippen molar-refractivity contribution in [2.24, 2.45) is 0 Å². The summed E-state index contributed by atoms with van der Waals surface area (Å²) in [5.74, 6) is 1.04. The molecule has 3 rings (SSSR count). The van der Waals surface area contributed by atoms with E-state index in [1.807, 2.05) is 6.07 Å². The Hall–Kier alpha value is -3.15. The molecule has 0 spiro atoms. The summed E-state index contributed by atoms with van der Waals surface area (Å²) in [7, 11) is 3.09. The van der Waals surface area contributed by atoms with Gasteiger partial charge < -0.3 is 9.47 Å². The van der Waals surface area contributed by atoms with Crippen molar-refractivity contribution in [3.05, 3.63) is 67.8 Å². The van der Waals surface area contributed by atoms with Gasteiger partial charge in [0.25, 0.3) is 5.69 Å². The van der Waals surface area contributed by atoms with Gasteiger partial charge in [-0.3, -0.25) is 14.9 Å². The number of carbonyl (C=O) groups excluding carboxylic acids is 1. The van der Waals surface area contributed by atoms with Crippen LogP contribution in [0.4, 0.5) is 5.69 Å². The highest BCUT2D eigenvalue weighted by atomic mass is 16.6. The highest BCUT2D eigenvalue weighted by Crippen LogP contribution is 2.37. The number of hydrogen-bond acceptors (Lipinski definition) is 5. The highest BCUT2D eigenvalue weighted by Gasteiger charge is 2.27. The molecule has 0 N–H and O–H groups in total. The van der Waals surface area contributed by atoms with Gasteiger partial charge in [0.2, 0.25) is 0 Å². The van der Waals surface area contributed by atoms with Crippen molar-refractivity contribution in [1.82, 2.24) is 0 Å². The average molecular weight is 353 g/mol. The molecule has 0 aromatic heterocycles. The number of nitrogens with zero attached hydrogens (tertiary/aromatic N) is 1. The van der Waals surface area contributed by atoms with E-state index >= 15 is 0 Å². The van der Waals surface area contributed by atoms with Gasteiger partial charge in [0.1, 0.15) is 0 Å². The van der Waals surface area contributed by atoms with Gasteiger partial charge in [0.05, 0.1) is 19.1 Å². The van der Waals surface area contributed by atoms with Gasteiger partial charge in [0.15, 0.2) is 17.3 Å². The quantitative estimate of drug-likeness (QED) is 0.471. The molecule has 6 heteroatoms. The Morgan fingerprint density at radius 1 is 1.04 bits per heavy atom. The number of rotatable bonds is 4. The smallest absolute Gasteiger partial charge is 0.275 e. The third-order valence-corrected chi connectivity index (χ3v) is 4.56. The number of Topliss-reactive ketones (excluding diaryl/α,β-unsaturated/α-hetero) is 1. The first-order valence-electron chi connectivity index (χ1n) is 8.11. The van der Waals surface area contributed by atoms with E-state index < -0.39 is 0 Å². The van der Waals surface area contributed by atoms with Crippen LogP contribution in [0.1, 0.15) is 32.6 Å². The summed E-state index contributed by atoms with van der Waals surface area (Å²) < 4.78 is 10.6. The molecular weight excluding hydrogens is 334 g/mol. The van der Waals surface area contributed by atoms with Crippen LogP contribution in [0, 0.1) is 24.0 Å². The molecule has 0 heterocycles. The summed E-state index contributed by atoms with van der Waals surface area (Å²) in [4.78, 5) is 23.5. The van der Waals surface area contributed by atoms with Crippen molar-refractivity contribution in [2.75, 3.05) is 14.2 Å². The van der Waals surface area contributed by atoms with E-state index in [4.69, 9.17) is 9.47 Å². The number of ether oxygens (including phenoxy) is 2. The van der Waals surface area contributed by atoms with Crippen LogP contribution in [-0.4, -0.2) is 24.9 Å². The van der Waals surface area contributed by atoms with Crippen molar-refractivity contribution in [3.63, 3.8) is 0 Å². The fourth-order valence-electron chi connectivity index (χ4n) is 3.42. The molecule has 2 aromatic carbocycles. The Morgan fingerprint density at radius 2 is 1.62 bits per heavy atom. The molecule has 0 saturated carbocycles. The van der Waals surface area contributed by atoms with Crippen LogP contribution in [-0.2, 0) is 6.42 Å². The standard InChI is InChI=1S/C20H19NO5/c1-11-5-13(6-12(2)19(11)21(23)24)7-15-8-14-9-17(25-3)18(26-4)10-16(14)20(15)22/h5-7,9-10H,8H2,1-4H3/b15-7+. The summed E-state index contributed by atoms with van der Waals surface area (Å²) in [5, 5.41) is 11.1. The highest BCUT2D eigenvalue weighted by molar-refractivity contribution is 6.16. The maximum atomic E-state index is 12.7. The molecular formula is C20H19NO5. The zero-order valence-electron chi connectivity index (χ0n) is 15.1. The van der Waals surface area contributed by atoms with E-state index in [-0.39, 0.29) is 16.4 Å². The topological polar surface area (TPSA) is 78.7 Å². The van der Waals surface area contributed by atoms with Crippen molar-refractivity contribution >= 4 is 17.5 Å². The molecule has 26 heavy (non-hydrogen) atoms. The Morgan fingerprint density at radius 3 is 2.15 bits per heavy atom. The lowest BCUT2D eigenvalue weighted by molar-refractivity contribution is -0.386. The molecule has 0 bridgehead atoms. The van der Waals surface area contributed by atoms with Crippen LogP contribution < -0.4 is 9.47 Å². The van der Waals surface area contributed by atoms with E-state index in [1.54, 1.807) is 45.2 Å². The van der Waals surface area contributed by atoms with Crippen LogP contribution >= 0.6 is 0 Å². The maximum absolute atomic E-state index is 12.7. The number of fused-ring (bicyclic) bond motifs is 1. The minimum atomic E-state index is -0.378. The van der Waals surface area contributed by atoms with Gasteiger partial charge in [-0.1, -0.05) is 0 Å². The number of ketones is 1. The number of aryl methyl sites for hydroxylation is 2. The first-order chi connectivity index (χ1) is 12.3. The van der Waals surface area contributed by atoms with Gasteiger partial charge in [-0.05, 0) is 55.3 Å². The zero-order valence-corrected chi connectivity index (χ0v) is 15.1. The molecule has 2 aromatic rings. The molecule has 6 nitrogen and oxygen atoms in total. The first kappa shape index (κ1) is 17.7. The lowest BCUT2D eigenvalue weighted by atomic mass is 10.0. The Kier molecular flexibility index (Phi) is 4.50. The molecule has 0 aliphatic heterocycles. The minimum Gasteiger partial charge on any atom is -0.493 e. The number of methoxy groups -OCH3 is 2. The van der Waals surface area contributed by atoms with E-state index in [1.165, 1.54) is 7.11 Å². The van der Waals surface area contributed by atoms with E-state index in [0.29, 0.717) is 40.2 Å². The van der Waals surface area contributed by atoms with E-state index in [2.05, 4.69) is 0 Å². The van der Waals surface area contributed by atoms with Crippen molar-refractivity contribution in [1.29, 1.82) is 0 Å². The molecule has 0 atom stereocenters. The molecule has 0 radical (unpaired) electrons. The lowest BCUT2D eigenvalue weighted by Crippen LogP contribution is -1.98. The van der Waals surface area contributed by atoms with Crippen LogP contribution in [0.2, 0.25) is 0 Å². The second kappa shape index (κ2) is 6.63. The fourth-order valence-corrected chi connectivity index (χ4v) is 3.42. The van der Waals surface area contributed by atoms with Crippen LogP contribution in [0.15, 0.2) is 29.8 Å². The maximum Gasteiger partial charge on any atom is 0.275 e. The van der Waals surface area contributed by atoms with Crippen molar-refractivity contribution < 1.29 is 19.2 Å². The number of benzene rings is 2. The largest absolute Gasteiger partial charge is 0.493 e. The summed E-state index contributed by atoms with van der Waals surface area (Å²) >= 11 is 0. The summed E-state index contributed by atoms with van der Waals surface area (Å²) in [6, 6.07) is 6.98. The predicted molar refractivity (Wildman–Crippen MR) is 98.1 cm³/mol. The summed E-state index contributed by atoms with van der Waals surface area (Å²) in [5.41, 5.74) is 4.17. The zero-order chi connectivity index (χ0) is 19.0. The first-order valence-corrected chi connectivity index (χ1v) is 8.11. The van der Waals surface area contributed by atoms with Gasteiger partial charge in [-0.2, -0.15) is 0 Å². The average Bonchev–Trinajstić information content (AvgIpc) is 2.87. The molecule has 134 valence electrons. The second-order valence-corrected chi connectivity index (χ2v) is 6.30. The lowest BCUT2D eigenvalue weighted by Gasteiger charge is -2.08. The van der Waals surface area contributed by atoms with Crippen LogP contribution in [0.3, 0.4) is 0 Å². The van der Waals surface area contributed by atoms with Gasteiger partial charge in [-0.15, -0.1) is 0 Å². The molecule has 1 aliphatic carbocycles. The monoisotopic (exact) mass is 353 g/mol. The predicted octanol–water partition coefficient (Wildman–Crippen LogP) is 4.05. The SMILES string of the molecule is COc1cc2c(cc1OC)C(=O)/C(=C/c1cc(C)c([N+](=O)[O-])c(C)c1)C2.